The highest BCUT2D eigenvalue weighted by Crippen LogP contribution is 2.28. The lowest BCUT2D eigenvalue weighted by molar-refractivity contribution is -0.149. The van der Waals surface area contributed by atoms with E-state index in [0.717, 1.165) is 0 Å². The van der Waals surface area contributed by atoms with Crippen molar-refractivity contribution in [2.45, 2.75) is 19.1 Å². The molecule has 2 atom stereocenters. The third-order valence-electron chi connectivity index (χ3n) is 2.18. The number of ether oxygens (including phenoxy) is 1. The molecule has 1 aromatic rings. The van der Waals surface area contributed by atoms with Crippen LogP contribution in [-0.4, -0.2) is 23.9 Å². The highest BCUT2D eigenvalue weighted by molar-refractivity contribution is 9.10. The van der Waals surface area contributed by atoms with Crippen LogP contribution in [0.4, 0.5) is 4.39 Å². The predicted octanol–water partition coefficient (Wildman–Crippen LogP) is 2.06. The van der Waals surface area contributed by atoms with E-state index < -0.39 is 18.2 Å². The fourth-order valence-corrected chi connectivity index (χ4v) is 1.66. The first-order valence-electron chi connectivity index (χ1n) is 5.02. The van der Waals surface area contributed by atoms with Crippen LogP contribution in [0.1, 0.15) is 18.5 Å². The van der Waals surface area contributed by atoms with Crippen LogP contribution in [0.3, 0.4) is 0 Å². The van der Waals surface area contributed by atoms with Crippen molar-refractivity contribution in [1.29, 1.82) is 0 Å². The summed E-state index contributed by atoms with van der Waals surface area (Å²) in [4.78, 5) is 11.2. The molecule has 0 saturated carbocycles. The van der Waals surface area contributed by atoms with Crippen molar-refractivity contribution in [3.05, 3.63) is 28.2 Å². The van der Waals surface area contributed by atoms with E-state index in [1.165, 1.54) is 18.2 Å². The molecule has 1 rings (SSSR count). The summed E-state index contributed by atoms with van der Waals surface area (Å²) in [5.41, 5.74) is 6.01. The number of phenols is 1. The van der Waals surface area contributed by atoms with Gasteiger partial charge in [0.1, 0.15) is 5.75 Å². The molecule has 0 saturated heterocycles. The predicted molar refractivity (Wildman–Crippen MR) is 64.3 cm³/mol. The number of phenolic OH excluding ortho intramolecular Hbond substituents is 1. The van der Waals surface area contributed by atoms with Crippen LogP contribution in [0.5, 0.6) is 5.75 Å². The molecule has 1 aromatic carbocycles. The Labute approximate surface area is 107 Å². The Balaban J connectivity index is 2.84. The number of halogens is 2. The standard InChI is InChI=1S/C11H13BrFNO3/c1-2-17-11(16)9(13)10(14)6-3-4-8(15)7(12)5-6/h3-5,9-10,15H,2,14H2,1H3/t9?,10-/m0/s1. The van der Waals surface area contributed by atoms with Gasteiger partial charge in [0, 0.05) is 0 Å². The van der Waals surface area contributed by atoms with Gasteiger partial charge >= 0.3 is 5.97 Å². The summed E-state index contributed by atoms with van der Waals surface area (Å²) in [7, 11) is 0. The monoisotopic (exact) mass is 305 g/mol. The van der Waals surface area contributed by atoms with Crippen LogP contribution >= 0.6 is 15.9 Å². The van der Waals surface area contributed by atoms with E-state index in [0.29, 0.717) is 10.0 Å². The average Bonchev–Trinajstić information content (AvgIpc) is 2.31. The van der Waals surface area contributed by atoms with E-state index in [-0.39, 0.29) is 12.4 Å². The molecule has 94 valence electrons. The van der Waals surface area contributed by atoms with Crippen molar-refractivity contribution in [1.82, 2.24) is 0 Å². The number of nitrogens with two attached hydrogens (primary N) is 1. The second-order valence-electron chi connectivity index (χ2n) is 3.39. The van der Waals surface area contributed by atoms with E-state index in [1.54, 1.807) is 6.92 Å². The summed E-state index contributed by atoms with van der Waals surface area (Å²) in [6, 6.07) is 3.17. The first-order chi connectivity index (χ1) is 7.97. The Hall–Kier alpha value is -1.14. The summed E-state index contributed by atoms with van der Waals surface area (Å²) in [5.74, 6) is -0.961. The van der Waals surface area contributed by atoms with Crippen molar-refractivity contribution < 1.29 is 19.0 Å². The number of alkyl halides is 1. The van der Waals surface area contributed by atoms with Gasteiger partial charge in [-0.25, -0.2) is 9.18 Å². The first-order valence-corrected chi connectivity index (χ1v) is 5.81. The van der Waals surface area contributed by atoms with E-state index in [9.17, 15) is 14.3 Å². The molecule has 0 heterocycles. The van der Waals surface area contributed by atoms with Crippen LogP contribution in [0.15, 0.2) is 22.7 Å². The molecule has 6 heteroatoms. The Bertz CT molecular complexity index is 414. The minimum Gasteiger partial charge on any atom is -0.507 e. The van der Waals surface area contributed by atoms with Gasteiger partial charge < -0.3 is 15.6 Å². The third-order valence-corrected chi connectivity index (χ3v) is 2.82. The van der Waals surface area contributed by atoms with Gasteiger partial charge in [0.25, 0.3) is 0 Å². The number of rotatable bonds is 4. The number of hydrogen-bond donors (Lipinski definition) is 2. The second-order valence-corrected chi connectivity index (χ2v) is 4.24. The largest absolute Gasteiger partial charge is 0.507 e. The lowest BCUT2D eigenvalue weighted by Crippen LogP contribution is -2.31. The molecule has 0 aliphatic heterocycles. The Morgan fingerprint density at radius 2 is 2.29 bits per heavy atom. The molecule has 3 N–H and O–H groups in total. The maximum absolute atomic E-state index is 13.6. The fraction of sp³-hybridized carbons (Fsp3) is 0.364. The number of benzene rings is 1. The Morgan fingerprint density at radius 1 is 1.65 bits per heavy atom. The van der Waals surface area contributed by atoms with E-state index >= 15 is 0 Å². The van der Waals surface area contributed by atoms with Gasteiger partial charge in [-0.1, -0.05) is 6.07 Å². The molecule has 1 unspecified atom stereocenters. The van der Waals surface area contributed by atoms with Gasteiger partial charge in [-0.3, -0.25) is 0 Å². The van der Waals surface area contributed by atoms with Crippen molar-refractivity contribution >= 4 is 21.9 Å². The summed E-state index contributed by atoms with van der Waals surface area (Å²) in [5, 5.41) is 9.28. The van der Waals surface area contributed by atoms with Crippen molar-refractivity contribution in [3.63, 3.8) is 0 Å². The van der Waals surface area contributed by atoms with Gasteiger partial charge in [0.15, 0.2) is 0 Å². The minimum atomic E-state index is -1.92. The zero-order valence-electron chi connectivity index (χ0n) is 9.19. The molecule has 0 spiro atoms. The topological polar surface area (TPSA) is 72.5 Å². The zero-order valence-corrected chi connectivity index (χ0v) is 10.8. The third kappa shape index (κ3) is 3.41. The molecule has 0 bridgehead atoms. The zero-order chi connectivity index (χ0) is 13.0. The summed E-state index contributed by atoms with van der Waals surface area (Å²) in [6.07, 6.45) is -1.92. The van der Waals surface area contributed by atoms with Gasteiger partial charge in [-0.2, -0.15) is 0 Å². The van der Waals surface area contributed by atoms with E-state index in [1.807, 2.05) is 0 Å². The van der Waals surface area contributed by atoms with Gasteiger partial charge in [-0.15, -0.1) is 0 Å². The summed E-state index contributed by atoms with van der Waals surface area (Å²) in [6.45, 7) is 1.69. The average molecular weight is 306 g/mol. The number of carbonyl (C=O) groups excluding carboxylic acids is 1. The van der Waals surface area contributed by atoms with Crippen LogP contribution in [0.25, 0.3) is 0 Å². The Kier molecular flexibility index (Phi) is 4.89. The molecular formula is C11H13BrFNO3. The van der Waals surface area contributed by atoms with Crippen molar-refractivity contribution in [2.24, 2.45) is 5.73 Å². The molecule has 0 radical (unpaired) electrons. The highest BCUT2D eigenvalue weighted by atomic mass is 79.9. The van der Waals surface area contributed by atoms with Crippen LogP contribution in [0.2, 0.25) is 0 Å². The molecule has 0 aliphatic carbocycles. The first kappa shape index (κ1) is 13.9. The SMILES string of the molecule is CCOC(=O)C(F)[C@@H](N)c1ccc(O)c(Br)c1. The lowest BCUT2D eigenvalue weighted by atomic mass is 10.0. The quantitative estimate of drug-likeness (QED) is 0.835. The fourth-order valence-electron chi connectivity index (χ4n) is 1.27. The second kappa shape index (κ2) is 5.97. The maximum Gasteiger partial charge on any atom is 0.342 e. The van der Waals surface area contributed by atoms with Crippen LogP contribution < -0.4 is 5.73 Å². The normalized spacial score (nSPS) is 14.1. The van der Waals surface area contributed by atoms with E-state index in [2.05, 4.69) is 20.7 Å². The molecular weight excluding hydrogens is 293 g/mol. The van der Waals surface area contributed by atoms with Gasteiger partial charge in [0.05, 0.1) is 17.1 Å². The van der Waals surface area contributed by atoms with Crippen molar-refractivity contribution in [2.75, 3.05) is 6.61 Å². The van der Waals surface area contributed by atoms with Crippen molar-refractivity contribution in [3.8, 4) is 5.75 Å². The van der Waals surface area contributed by atoms with Gasteiger partial charge in [0.2, 0.25) is 6.17 Å². The highest BCUT2D eigenvalue weighted by Gasteiger charge is 2.28. The van der Waals surface area contributed by atoms with Crippen LogP contribution in [-0.2, 0) is 9.53 Å². The van der Waals surface area contributed by atoms with E-state index in [4.69, 9.17) is 5.73 Å². The molecule has 0 aromatic heterocycles. The molecule has 0 amide bonds. The lowest BCUT2D eigenvalue weighted by Gasteiger charge is -2.16. The van der Waals surface area contributed by atoms with Gasteiger partial charge in [-0.05, 0) is 40.5 Å². The Morgan fingerprint density at radius 3 is 2.82 bits per heavy atom. The maximum atomic E-state index is 13.6. The molecule has 0 fully saturated rings. The smallest absolute Gasteiger partial charge is 0.342 e. The number of carbonyl (C=O) groups is 1. The molecule has 0 aliphatic rings. The number of hydrogen-bond acceptors (Lipinski definition) is 4. The van der Waals surface area contributed by atoms with Crippen LogP contribution in [0, 0.1) is 0 Å². The molecule has 17 heavy (non-hydrogen) atoms. The summed E-state index contributed by atoms with van der Waals surface area (Å²) >= 11 is 3.09. The minimum absolute atomic E-state index is 0.0208. The molecule has 4 nitrogen and oxygen atoms in total. The number of aromatic hydroxyl groups is 1. The summed E-state index contributed by atoms with van der Waals surface area (Å²) < 4.78 is 18.6. The number of esters is 1.